The van der Waals surface area contributed by atoms with Crippen molar-refractivity contribution in [3.8, 4) is 0 Å². The van der Waals surface area contributed by atoms with E-state index in [9.17, 15) is 10.2 Å². The highest BCUT2D eigenvalue weighted by molar-refractivity contribution is 4.70. The molecule has 0 saturated carbocycles. The standard InChI is InChI=1S/C19H45N5O2/c1-17(20)14-21-15-18(25)8-9-19(26)16-24(12-6-10-22(2)3)13-7-11-23(4)5/h17-19,21,25-26H,6-16,20H2,1-5H3. The quantitative estimate of drug-likeness (QED) is 0.276. The van der Waals surface area contributed by atoms with E-state index in [2.05, 4.69) is 48.2 Å². The molecule has 0 aromatic heterocycles. The van der Waals surface area contributed by atoms with E-state index in [0.717, 1.165) is 39.0 Å². The van der Waals surface area contributed by atoms with Gasteiger partial charge in [0.25, 0.3) is 0 Å². The molecular formula is C19H45N5O2. The predicted molar refractivity (Wildman–Crippen MR) is 111 cm³/mol. The zero-order chi connectivity index (χ0) is 19.9. The first-order chi connectivity index (χ1) is 12.2. The zero-order valence-corrected chi connectivity index (χ0v) is 17.8. The molecule has 158 valence electrons. The predicted octanol–water partition coefficient (Wildman–Crippen LogP) is -0.369. The Labute approximate surface area is 161 Å². The summed E-state index contributed by atoms with van der Waals surface area (Å²) in [5.41, 5.74) is 5.68. The van der Waals surface area contributed by atoms with Gasteiger partial charge in [-0.25, -0.2) is 0 Å². The number of nitrogens with one attached hydrogen (secondary N) is 1. The smallest absolute Gasteiger partial charge is 0.0668 e. The van der Waals surface area contributed by atoms with Gasteiger partial charge in [0, 0.05) is 25.7 Å². The van der Waals surface area contributed by atoms with Crippen LogP contribution in [0.2, 0.25) is 0 Å². The number of nitrogens with two attached hydrogens (primary N) is 1. The van der Waals surface area contributed by atoms with Gasteiger partial charge in [-0.1, -0.05) is 0 Å². The van der Waals surface area contributed by atoms with E-state index in [-0.39, 0.29) is 6.04 Å². The molecule has 0 aromatic rings. The molecule has 0 radical (unpaired) electrons. The van der Waals surface area contributed by atoms with Crippen molar-refractivity contribution in [1.82, 2.24) is 20.0 Å². The van der Waals surface area contributed by atoms with Gasteiger partial charge < -0.3 is 36.0 Å². The van der Waals surface area contributed by atoms with Gasteiger partial charge in [0.05, 0.1) is 12.2 Å². The third-order valence-corrected chi connectivity index (χ3v) is 4.31. The fourth-order valence-electron chi connectivity index (χ4n) is 2.87. The van der Waals surface area contributed by atoms with Crippen LogP contribution in [-0.2, 0) is 0 Å². The summed E-state index contributed by atoms with van der Waals surface area (Å²) in [6.07, 6.45) is 2.61. The molecule has 0 aromatic carbocycles. The molecule has 0 fully saturated rings. The van der Waals surface area contributed by atoms with Gasteiger partial charge in [0.2, 0.25) is 0 Å². The van der Waals surface area contributed by atoms with Crippen LogP contribution in [0.5, 0.6) is 0 Å². The van der Waals surface area contributed by atoms with E-state index in [1.807, 2.05) is 6.92 Å². The number of aliphatic hydroxyl groups excluding tert-OH is 2. The first-order valence-corrected chi connectivity index (χ1v) is 10.0. The molecule has 3 atom stereocenters. The maximum atomic E-state index is 10.4. The van der Waals surface area contributed by atoms with Crippen molar-refractivity contribution in [2.24, 2.45) is 5.73 Å². The lowest BCUT2D eigenvalue weighted by atomic mass is 10.1. The third kappa shape index (κ3) is 17.1. The molecular weight excluding hydrogens is 330 g/mol. The number of nitrogens with zero attached hydrogens (tertiary/aromatic N) is 3. The lowest BCUT2D eigenvalue weighted by molar-refractivity contribution is 0.0791. The molecule has 0 spiro atoms. The van der Waals surface area contributed by atoms with Gasteiger partial charge in [0.15, 0.2) is 0 Å². The van der Waals surface area contributed by atoms with E-state index >= 15 is 0 Å². The summed E-state index contributed by atoms with van der Waals surface area (Å²) in [6, 6.07) is 0.0886. The summed E-state index contributed by atoms with van der Waals surface area (Å²) >= 11 is 0. The molecule has 0 saturated heterocycles. The van der Waals surface area contributed by atoms with Crippen LogP contribution in [0.3, 0.4) is 0 Å². The summed E-state index contributed by atoms with van der Waals surface area (Å²) in [5, 5.41) is 23.5. The van der Waals surface area contributed by atoms with Crippen LogP contribution in [0.4, 0.5) is 0 Å². The normalized spacial score (nSPS) is 15.8. The van der Waals surface area contributed by atoms with E-state index in [1.54, 1.807) is 0 Å². The van der Waals surface area contributed by atoms with E-state index in [4.69, 9.17) is 5.73 Å². The molecule has 0 aliphatic rings. The number of aliphatic hydroxyl groups is 2. The molecule has 0 rings (SSSR count). The highest BCUT2D eigenvalue weighted by Gasteiger charge is 2.14. The molecule has 7 nitrogen and oxygen atoms in total. The van der Waals surface area contributed by atoms with Crippen LogP contribution in [0.15, 0.2) is 0 Å². The summed E-state index contributed by atoms with van der Waals surface area (Å²) < 4.78 is 0. The minimum absolute atomic E-state index is 0.0886. The second kappa shape index (κ2) is 15.7. The average Bonchev–Trinajstić information content (AvgIpc) is 2.51. The number of hydrogen-bond acceptors (Lipinski definition) is 7. The van der Waals surface area contributed by atoms with Crippen molar-refractivity contribution < 1.29 is 10.2 Å². The van der Waals surface area contributed by atoms with Gasteiger partial charge in [-0.05, 0) is 87.0 Å². The number of rotatable bonds is 17. The molecule has 0 amide bonds. The molecule has 7 heteroatoms. The zero-order valence-electron chi connectivity index (χ0n) is 17.8. The molecule has 0 heterocycles. The van der Waals surface area contributed by atoms with E-state index < -0.39 is 12.2 Å². The Balaban J connectivity index is 4.13. The maximum absolute atomic E-state index is 10.4. The first-order valence-electron chi connectivity index (χ1n) is 10.0. The van der Waals surface area contributed by atoms with Crippen LogP contribution in [0, 0.1) is 0 Å². The van der Waals surface area contributed by atoms with Gasteiger partial charge in [-0.15, -0.1) is 0 Å². The summed E-state index contributed by atoms with van der Waals surface area (Å²) in [6.45, 7) is 7.97. The fourth-order valence-corrected chi connectivity index (χ4v) is 2.87. The number of hydrogen-bond donors (Lipinski definition) is 4. The topological polar surface area (TPSA) is 88.2 Å². The van der Waals surface area contributed by atoms with Gasteiger partial charge >= 0.3 is 0 Å². The van der Waals surface area contributed by atoms with Crippen LogP contribution >= 0.6 is 0 Å². The Morgan fingerprint density at radius 1 is 0.808 bits per heavy atom. The Bertz CT molecular complexity index is 302. The lowest BCUT2D eigenvalue weighted by Crippen LogP contribution is -2.38. The SMILES string of the molecule is CC(N)CNCC(O)CCC(O)CN(CCCN(C)C)CCCN(C)C. The first kappa shape index (κ1) is 25.7. The van der Waals surface area contributed by atoms with E-state index in [1.165, 1.54) is 0 Å². The minimum Gasteiger partial charge on any atom is -0.392 e. The summed E-state index contributed by atoms with van der Waals surface area (Å²) in [5.74, 6) is 0. The Kier molecular flexibility index (Phi) is 15.6. The lowest BCUT2D eigenvalue weighted by Gasteiger charge is -2.26. The largest absolute Gasteiger partial charge is 0.392 e. The molecule has 3 unspecified atom stereocenters. The van der Waals surface area contributed by atoms with Crippen molar-refractivity contribution >= 4 is 0 Å². The second-order valence-corrected chi connectivity index (χ2v) is 8.13. The van der Waals surface area contributed by atoms with Gasteiger partial charge in [0.1, 0.15) is 0 Å². The molecule has 0 aliphatic carbocycles. The Hall–Kier alpha value is -0.280. The Morgan fingerprint density at radius 2 is 1.31 bits per heavy atom. The summed E-state index contributed by atoms with van der Waals surface area (Å²) in [4.78, 5) is 6.75. The van der Waals surface area contributed by atoms with Crippen LogP contribution in [-0.4, -0.2) is 117 Å². The Morgan fingerprint density at radius 3 is 1.77 bits per heavy atom. The minimum atomic E-state index is -0.431. The molecule has 0 bridgehead atoms. The molecule has 5 N–H and O–H groups in total. The van der Waals surface area contributed by atoms with Gasteiger partial charge in [-0.3, -0.25) is 0 Å². The van der Waals surface area contributed by atoms with Gasteiger partial charge in [-0.2, -0.15) is 0 Å². The monoisotopic (exact) mass is 375 g/mol. The van der Waals surface area contributed by atoms with Crippen molar-refractivity contribution in [3.63, 3.8) is 0 Å². The van der Waals surface area contributed by atoms with E-state index in [0.29, 0.717) is 32.5 Å². The van der Waals surface area contributed by atoms with Crippen molar-refractivity contribution in [3.05, 3.63) is 0 Å². The fraction of sp³-hybridized carbons (Fsp3) is 1.00. The maximum Gasteiger partial charge on any atom is 0.0668 e. The third-order valence-electron chi connectivity index (χ3n) is 4.31. The van der Waals surface area contributed by atoms with Crippen molar-refractivity contribution in [2.45, 2.75) is 50.9 Å². The second-order valence-electron chi connectivity index (χ2n) is 8.13. The van der Waals surface area contributed by atoms with Crippen LogP contribution in [0.1, 0.15) is 32.6 Å². The average molecular weight is 376 g/mol. The molecule has 0 aliphatic heterocycles. The highest BCUT2D eigenvalue weighted by Crippen LogP contribution is 2.06. The van der Waals surface area contributed by atoms with Crippen LogP contribution < -0.4 is 11.1 Å². The van der Waals surface area contributed by atoms with Crippen molar-refractivity contribution in [1.29, 1.82) is 0 Å². The van der Waals surface area contributed by atoms with Crippen LogP contribution in [0.25, 0.3) is 0 Å². The summed E-state index contributed by atoms with van der Waals surface area (Å²) in [7, 11) is 8.36. The molecule has 26 heavy (non-hydrogen) atoms. The van der Waals surface area contributed by atoms with Crippen molar-refractivity contribution in [2.75, 3.05) is 74.0 Å². The highest BCUT2D eigenvalue weighted by atomic mass is 16.3.